The van der Waals surface area contributed by atoms with Gasteiger partial charge in [-0.3, -0.25) is 9.78 Å². The molecule has 122 valence electrons. The summed E-state index contributed by atoms with van der Waals surface area (Å²) < 4.78 is 5.86. The van der Waals surface area contributed by atoms with Gasteiger partial charge < -0.3 is 14.2 Å². The van der Waals surface area contributed by atoms with Crippen molar-refractivity contribution in [2.75, 3.05) is 31.1 Å². The Bertz CT molecular complexity index is 667. The molecule has 0 aromatic carbocycles. The minimum absolute atomic E-state index is 0.196. The van der Waals surface area contributed by atoms with Crippen molar-refractivity contribution < 1.29 is 9.21 Å². The van der Waals surface area contributed by atoms with Crippen molar-refractivity contribution in [2.45, 2.75) is 20.8 Å². The fourth-order valence-corrected chi connectivity index (χ4v) is 2.64. The Kier molecular flexibility index (Phi) is 4.07. The van der Waals surface area contributed by atoms with Crippen LogP contribution in [-0.4, -0.2) is 47.0 Å². The zero-order valence-electron chi connectivity index (χ0n) is 13.8. The molecule has 0 unspecified atom stereocenters. The van der Waals surface area contributed by atoms with E-state index in [1.54, 1.807) is 18.6 Å². The van der Waals surface area contributed by atoms with Crippen LogP contribution in [0.3, 0.4) is 0 Å². The highest BCUT2D eigenvalue weighted by Crippen LogP contribution is 2.25. The van der Waals surface area contributed by atoms with Crippen LogP contribution in [-0.2, 0) is 4.79 Å². The fourth-order valence-electron chi connectivity index (χ4n) is 2.64. The predicted molar refractivity (Wildman–Crippen MR) is 88.0 cm³/mol. The largest absolute Gasteiger partial charge is 0.423 e. The molecule has 1 fully saturated rings. The molecule has 0 saturated carbocycles. The molecular formula is C17H22N4O2. The summed E-state index contributed by atoms with van der Waals surface area (Å²) in [4.78, 5) is 24.7. The number of carbonyl (C=O) groups excluding carboxylic acids is 1. The van der Waals surface area contributed by atoms with Gasteiger partial charge in [0.25, 0.3) is 6.01 Å². The lowest BCUT2D eigenvalue weighted by Gasteiger charge is -2.37. The molecule has 3 heterocycles. The number of pyridine rings is 1. The first kappa shape index (κ1) is 15.5. The van der Waals surface area contributed by atoms with E-state index in [9.17, 15) is 4.79 Å². The van der Waals surface area contributed by atoms with Crippen molar-refractivity contribution in [1.82, 2.24) is 14.9 Å². The highest BCUT2D eigenvalue weighted by molar-refractivity contribution is 5.81. The number of hydrogen-bond donors (Lipinski definition) is 0. The summed E-state index contributed by atoms with van der Waals surface area (Å²) in [5, 5.41) is 0. The van der Waals surface area contributed by atoms with E-state index in [2.05, 4.69) is 14.9 Å². The second-order valence-electron chi connectivity index (χ2n) is 6.77. The van der Waals surface area contributed by atoms with Crippen LogP contribution in [0.5, 0.6) is 0 Å². The van der Waals surface area contributed by atoms with E-state index in [4.69, 9.17) is 4.42 Å². The lowest BCUT2D eigenvalue weighted by Crippen LogP contribution is -2.51. The zero-order valence-corrected chi connectivity index (χ0v) is 13.8. The maximum atomic E-state index is 12.3. The molecule has 0 atom stereocenters. The first-order chi connectivity index (χ1) is 10.9. The number of anilines is 1. The van der Waals surface area contributed by atoms with Gasteiger partial charge in [0.2, 0.25) is 5.91 Å². The van der Waals surface area contributed by atoms with E-state index in [1.807, 2.05) is 37.8 Å². The van der Waals surface area contributed by atoms with Crippen LogP contribution in [0.2, 0.25) is 0 Å². The molecule has 2 aromatic rings. The minimum atomic E-state index is -0.334. The van der Waals surface area contributed by atoms with Crippen LogP contribution in [0.15, 0.2) is 35.1 Å². The third-order valence-electron chi connectivity index (χ3n) is 3.94. The van der Waals surface area contributed by atoms with Gasteiger partial charge in [0, 0.05) is 49.6 Å². The SMILES string of the molecule is CC(C)(C)C(=O)N1CCN(c2ncc(-c3ccncc3)o2)CC1. The third-order valence-corrected chi connectivity index (χ3v) is 3.94. The molecular weight excluding hydrogens is 292 g/mol. The Balaban J connectivity index is 1.65. The maximum absolute atomic E-state index is 12.3. The van der Waals surface area contributed by atoms with Crippen molar-refractivity contribution in [3.05, 3.63) is 30.7 Å². The lowest BCUT2D eigenvalue weighted by molar-refractivity contribution is -0.139. The number of piperazine rings is 1. The van der Waals surface area contributed by atoms with Gasteiger partial charge in [0.15, 0.2) is 5.76 Å². The molecule has 0 aliphatic carbocycles. The van der Waals surface area contributed by atoms with Gasteiger partial charge in [-0.05, 0) is 12.1 Å². The molecule has 3 rings (SSSR count). The van der Waals surface area contributed by atoms with E-state index in [0.717, 1.165) is 24.4 Å². The molecule has 0 N–H and O–H groups in total. The molecule has 0 bridgehead atoms. The van der Waals surface area contributed by atoms with Gasteiger partial charge >= 0.3 is 0 Å². The Morgan fingerprint density at radius 2 is 1.78 bits per heavy atom. The number of rotatable bonds is 2. The second-order valence-corrected chi connectivity index (χ2v) is 6.77. The lowest BCUT2D eigenvalue weighted by atomic mass is 9.94. The number of aromatic nitrogens is 2. The van der Waals surface area contributed by atoms with E-state index < -0.39 is 0 Å². The van der Waals surface area contributed by atoms with Crippen LogP contribution in [0, 0.1) is 5.41 Å². The van der Waals surface area contributed by atoms with Crippen LogP contribution < -0.4 is 4.90 Å². The van der Waals surface area contributed by atoms with Crippen molar-refractivity contribution >= 4 is 11.9 Å². The number of carbonyl (C=O) groups is 1. The second kappa shape index (κ2) is 6.02. The van der Waals surface area contributed by atoms with Gasteiger partial charge in [-0.2, -0.15) is 0 Å². The van der Waals surface area contributed by atoms with Crippen molar-refractivity contribution in [1.29, 1.82) is 0 Å². The molecule has 1 aliphatic heterocycles. The smallest absolute Gasteiger partial charge is 0.297 e. The van der Waals surface area contributed by atoms with Gasteiger partial charge in [-0.15, -0.1) is 0 Å². The molecule has 23 heavy (non-hydrogen) atoms. The quantitative estimate of drug-likeness (QED) is 0.852. The highest BCUT2D eigenvalue weighted by atomic mass is 16.4. The standard InChI is InChI=1S/C17H22N4O2/c1-17(2,3)15(22)20-8-10-21(11-9-20)16-19-12-14(23-16)13-4-6-18-7-5-13/h4-7,12H,8-11H2,1-3H3. The minimum Gasteiger partial charge on any atom is -0.423 e. The monoisotopic (exact) mass is 314 g/mol. The summed E-state index contributed by atoms with van der Waals surface area (Å²) in [6.07, 6.45) is 5.19. The van der Waals surface area contributed by atoms with Gasteiger partial charge in [0.1, 0.15) is 0 Å². The highest BCUT2D eigenvalue weighted by Gasteiger charge is 2.30. The fraction of sp³-hybridized carbons (Fsp3) is 0.471. The third kappa shape index (κ3) is 3.36. The van der Waals surface area contributed by atoms with Gasteiger partial charge in [0.05, 0.1) is 6.20 Å². The Morgan fingerprint density at radius 1 is 1.13 bits per heavy atom. The summed E-state index contributed by atoms with van der Waals surface area (Å²) >= 11 is 0. The summed E-state index contributed by atoms with van der Waals surface area (Å²) in [6.45, 7) is 8.73. The number of nitrogens with zero attached hydrogens (tertiary/aromatic N) is 4. The number of amides is 1. The topological polar surface area (TPSA) is 62.5 Å². The summed E-state index contributed by atoms with van der Waals surface area (Å²) in [5.74, 6) is 0.928. The molecule has 1 aliphatic rings. The molecule has 6 heteroatoms. The van der Waals surface area contributed by atoms with E-state index in [1.165, 1.54) is 0 Å². The van der Waals surface area contributed by atoms with Crippen molar-refractivity contribution in [3.63, 3.8) is 0 Å². The number of oxazole rings is 1. The average molecular weight is 314 g/mol. The normalized spacial score (nSPS) is 15.8. The molecule has 6 nitrogen and oxygen atoms in total. The van der Waals surface area contributed by atoms with E-state index >= 15 is 0 Å². The Labute approximate surface area is 136 Å². The first-order valence-corrected chi connectivity index (χ1v) is 7.86. The van der Waals surface area contributed by atoms with Crippen LogP contribution in [0.4, 0.5) is 6.01 Å². The Hall–Kier alpha value is -2.37. The van der Waals surface area contributed by atoms with Crippen molar-refractivity contribution in [3.8, 4) is 11.3 Å². The van der Waals surface area contributed by atoms with Crippen LogP contribution in [0.1, 0.15) is 20.8 Å². The molecule has 1 saturated heterocycles. The van der Waals surface area contributed by atoms with Crippen LogP contribution >= 0.6 is 0 Å². The predicted octanol–water partition coefficient (Wildman–Crippen LogP) is 2.43. The molecule has 0 radical (unpaired) electrons. The average Bonchev–Trinajstić information content (AvgIpc) is 3.04. The molecule has 1 amide bonds. The molecule has 2 aromatic heterocycles. The maximum Gasteiger partial charge on any atom is 0.297 e. The van der Waals surface area contributed by atoms with Gasteiger partial charge in [-0.25, -0.2) is 4.98 Å². The number of hydrogen-bond acceptors (Lipinski definition) is 5. The van der Waals surface area contributed by atoms with Crippen molar-refractivity contribution in [2.24, 2.45) is 5.41 Å². The summed E-state index contributed by atoms with van der Waals surface area (Å²) in [5.41, 5.74) is 0.625. The Morgan fingerprint density at radius 3 is 2.39 bits per heavy atom. The van der Waals surface area contributed by atoms with Crippen LogP contribution in [0.25, 0.3) is 11.3 Å². The zero-order chi connectivity index (χ0) is 16.4. The van der Waals surface area contributed by atoms with Gasteiger partial charge in [-0.1, -0.05) is 20.8 Å². The first-order valence-electron chi connectivity index (χ1n) is 7.86. The summed E-state index contributed by atoms with van der Waals surface area (Å²) in [6, 6.07) is 4.40. The van der Waals surface area contributed by atoms with E-state index in [0.29, 0.717) is 19.1 Å². The molecule has 0 spiro atoms. The van der Waals surface area contributed by atoms with E-state index in [-0.39, 0.29) is 11.3 Å². The summed E-state index contributed by atoms with van der Waals surface area (Å²) in [7, 11) is 0.